The molecule has 7 N–H and O–H groups in total. The number of carbonyl (C=O) groups is 11. The van der Waals surface area contributed by atoms with Crippen LogP contribution in [0.4, 0.5) is 45.0 Å². The van der Waals surface area contributed by atoms with E-state index in [1.165, 1.54) is 48.2 Å². The fourth-order valence-electron chi connectivity index (χ4n) is 14.6. The number of aromatic amines is 3. The van der Waals surface area contributed by atoms with Gasteiger partial charge in [0.05, 0.1) is 11.1 Å². The van der Waals surface area contributed by atoms with Gasteiger partial charge < -0.3 is 35.6 Å². The molecule has 0 aliphatic carbocycles. The third-order valence-corrected chi connectivity index (χ3v) is 20.8. The third kappa shape index (κ3) is 18.7. The average Bonchev–Trinajstić information content (AvgIpc) is 1.60. The van der Waals surface area contributed by atoms with Gasteiger partial charge in [-0.15, -0.1) is 55.4 Å². The lowest BCUT2D eigenvalue weighted by Crippen LogP contribution is -2.60. The van der Waals surface area contributed by atoms with Crippen molar-refractivity contribution in [2.24, 2.45) is 11.8 Å². The zero-order chi connectivity index (χ0) is 82.5. The number of benzene rings is 5. The van der Waals surface area contributed by atoms with E-state index < -0.39 is 75.8 Å². The lowest BCUT2D eigenvalue weighted by atomic mass is 9.85. The molecule has 6 aliphatic heterocycles. The summed E-state index contributed by atoms with van der Waals surface area (Å²) in [5.74, 6) is -4.11. The molecule has 8 aromatic rings. The molecule has 0 radical (unpaired) electrons. The highest BCUT2D eigenvalue weighted by molar-refractivity contribution is 6.19. The van der Waals surface area contributed by atoms with Crippen molar-refractivity contribution in [1.29, 1.82) is 0 Å². The second kappa shape index (κ2) is 37.1. The molecular weight excluding hydrogens is 1560 g/mol. The molecule has 13 amide bonds. The van der Waals surface area contributed by atoms with Gasteiger partial charge in [-0.3, -0.25) is 58.2 Å². The number of carboxylic acids is 1. The summed E-state index contributed by atoms with van der Waals surface area (Å²) in [7, 11) is 4.48. The molecule has 40 heteroatoms. The number of halogens is 4. The van der Waals surface area contributed by atoms with Gasteiger partial charge in [-0.25, -0.2) is 32.8 Å². The topological polar surface area (TPSA) is 443 Å². The number of piperidine rings is 3. The smallest absolute Gasteiger partial charge is 0.410 e. The number of aromatic nitrogens is 12. The van der Waals surface area contributed by atoms with Crippen LogP contribution >= 0.6 is 24.8 Å². The first kappa shape index (κ1) is 90.2. The fraction of sp³-hybridized carbons (Fsp3) is 0.429. The Bertz CT molecular complexity index is 4900. The monoisotopic (exact) mass is 1660 g/mol. The molecule has 6 fully saturated rings. The number of tetrazole rings is 3. The Morgan fingerprint density at radius 1 is 0.487 bits per heavy atom. The summed E-state index contributed by atoms with van der Waals surface area (Å²) in [6, 6.07) is 26.6. The van der Waals surface area contributed by atoms with Crippen LogP contribution < -0.4 is 30.7 Å². The predicted molar refractivity (Wildman–Crippen MR) is 427 cm³/mol. The third-order valence-electron chi connectivity index (χ3n) is 20.8. The van der Waals surface area contributed by atoms with Crippen molar-refractivity contribution in [3.8, 4) is 34.2 Å². The number of likely N-dealkylation sites (tertiary alicyclic amines) is 2. The summed E-state index contributed by atoms with van der Waals surface area (Å²) in [6.07, 6.45) is 1.88. The second-order valence-electron chi connectivity index (χ2n) is 30.1. The minimum atomic E-state index is -1.16. The SMILES string of the molecule is C.CN1C(=O)N(c2ccc(-c3nn[nH]n3)cc2)C2(CCN(C(=O)OC(C)(C)C)CC2)C1=O.CN1C(=O)N(c2ccc(-c3nn[nH]n3)cc2)C2(CCNCC2)C1=O.Cc1ccc(F)c(C(=O)N[C@@H](C(=O)N2CCC3(CC2)C(=O)N(C)C(=O)N3c2ccc(-c3nn[nH]n3)cc2)C(C)C)c1.Cc1ccc(F)c(C(=O)N[C@@H](C(=O)O)C(C)C)c1.Cl.Cl. The van der Waals surface area contributed by atoms with E-state index in [1.54, 1.807) is 129 Å². The quantitative estimate of drug-likeness (QED) is 0.0502. The molecule has 0 saturated carbocycles. The van der Waals surface area contributed by atoms with Crippen LogP contribution in [0.3, 0.4) is 0 Å². The van der Waals surface area contributed by atoms with Crippen molar-refractivity contribution >= 4 is 107 Å². The molecule has 14 rings (SSSR count). The fourth-order valence-corrected chi connectivity index (χ4v) is 14.6. The Hall–Kier alpha value is -12.3. The van der Waals surface area contributed by atoms with Crippen molar-refractivity contribution in [1.82, 2.24) is 102 Å². The maximum absolute atomic E-state index is 14.3. The zero-order valence-electron chi connectivity index (χ0n) is 65.7. The van der Waals surface area contributed by atoms with Gasteiger partial charge in [-0.1, -0.05) is 58.4 Å². The van der Waals surface area contributed by atoms with E-state index in [2.05, 4.69) is 77.8 Å². The predicted octanol–water partition coefficient (Wildman–Crippen LogP) is 8.40. The van der Waals surface area contributed by atoms with Crippen LogP contribution in [0, 0.1) is 37.3 Å². The Morgan fingerprint density at radius 3 is 1.10 bits per heavy atom. The Morgan fingerprint density at radius 2 is 0.803 bits per heavy atom. The summed E-state index contributed by atoms with van der Waals surface area (Å²) >= 11 is 0. The molecule has 6 saturated heterocycles. The van der Waals surface area contributed by atoms with E-state index in [0.29, 0.717) is 92.0 Å². The minimum absolute atomic E-state index is 0. The van der Waals surface area contributed by atoms with E-state index in [9.17, 15) is 61.5 Å². The minimum Gasteiger partial charge on any atom is -0.480 e. The second-order valence-corrected chi connectivity index (χ2v) is 30.1. The molecule has 5 aromatic carbocycles. The Balaban J connectivity index is 0.000000201. The van der Waals surface area contributed by atoms with E-state index in [4.69, 9.17) is 9.84 Å². The first-order chi connectivity index (χ1) is 54.1. The van der Waals surface area contributed by atoms with Crippen molar-refractivity contribution in [2.45, 2.75) is 143 Å². The molecule has 117 heavy (non-hydrogen) atoms. The molecule has 2 atom stereocenters. The van der Waals surface area contributed by atoms with Crippen LogP contribution in [0.2, 0.25) is 0 Å². The number of imide groups is 3. The maximum Gasteiger partial charge on any atom is 0.410 e. The number of anilines is 3. The molecular formula is C77H95Cl2F2N23O13. The van der Waals surface area contributed by atoms with E-state index in [1.807, 2.05) is 45.0 Å². The van der Waals surface area contributed by atoms with Crippen molar-refractivity contribution in [3.63, 3.8) is 0 Å². The number of H-pyrrole nitrogens is 3. The largest absolute Gasteiger partial charge is 0.480 e. The van der Waals surface area contributed by atoms with Crippen LogP contribution in [0.1, 0.15) is 126 Å². The van der Waals surface area contributed by atoms with Gasteiger partial charge >= 0.3 is 30.2 Å². The molecule has 624 valence electrons. The number of ether oxygens (including phenoxy) is 1. The number of hydrogen-bond donors (Lipinski definition) is 7. The number of hydrogen-bond acceptors (Lipinski definition) is 22. The number of aliphatic carboxylic acids is 1. The van der Waals surface area contributed by atoms with Gasteiger partial charge in [0.25, 0.3) is 29.5 Å². The van der Waals surface area contributed by atoms with Crippen LogP contribution in [0.5, 0.6) is 0 Å². The van der Waals surface area contributed by atoms with Crippen molar-refractivity contribution in [2.75, 3.05) is 75.1 Å². The van der Waals surface area contributed by atoms with E-state index in [-0.39, 0.29) is 117 Å². The van der Waals surface area contributed by atoms with Crippen LogP contribution in [-0.2, 0) is 28.7 Å². The number of carboxylic acid groups (broad SMARTS) is 1. The number of amides is 13. The van der Waals surface area contributed by atoms with E-state index in [0.717, 1.165) is 32.1 Å². The number of carbonyl (C=O) groups excluding carboxylic acids is 10. The van der Waals surface area contributed by atoms with E-state index >= 15 is 0 Å². The molecule has 3 spiro atoms. The normalized spacial score (nSPS) is 17.1. The summed E-state index contributed by atoms with van der Waals surface area (Å²) in [4.78, 5) is 151. The molecule has 3 aromatic heterocycles. The summed E-state index contributed by atoms with van der Waals surface area (Å²) < 4.78 is 33.2. The maximum atomic E-state index is 14.3. The number of nitrogens with one attached hydrogen (secondary N) is 6. The average molecular weight is 1660 g/mol. The van der Waals surface area contributed by atoms with Crippen LogP contribution in [0.15, 0.2) is 109 Å². The van der Waals surface area contributed by atoms with Gasteiger partial charge in [-0.2, -0.15) is 15.6 Å². The highest BCUT2D eigenvalue weighted by Gasteiger charge is 2.61. The van der Waals surface area contributed by atoms with Gasteiger partial charge in [-0.05, 0) is 211 Å². The molecule has 6 aliphatic rings. The van der Waals surface area contributed by atoms with Crippen molar-refractivity contribution in [3.05, 3.63) is 143 Å². The first-order valence-corrected chi connectivity index (χ1v) is 36.8. The number of likely N-dealkylation sites (N-methyl/N-ethyl adjacent to an activating group) is 3. The zero-order valence-corrected chi connectivity index (χ0v) is 67.3. The van der Waals surface area contributed by atoms with Crippen LogP contribution in [0.25, 0.3) is 34.2 Å². The summed E-state index contributed by atoms with van der Waals surface area (Å²) in [6.45, 7) is 18.3. The molecule has 9 heterocycles. The van der Waals surface area contributed by atoms with Gasteiger partial charge in [0.2, 0.25) is 23.4 Å². The number of urea groups is 3. The standard InChI is InChI=1S/C28H31FN8O4.C20H25N7O4.C15H17N7O2.C13H16FNO3.CH4.2ClH/c1-16(2)22(30-24(38)20-15-17(3)5-10-21(20)29)25(39)36-13-11-28(12-14-36)26(40)35(4)27(41)37(28)19-8-6-18(7-9-19)23-31-33-34-32-23;1-19(2,3)31-18(30)26-11-9-20(10-12-26)16(28)25(4)17(29)27(20)14-7-5-13(6-8-14)15-21-23-24-22-15;1-21-13(23)15(6-8-16-9-7-15)22(14(21)24)11-4-2-10(3-5-11)12-17-19-20-18-12;1-7(2)11(13(17)18)15-12(16)9-6-8(3)4-5-10(9)14;;;/h5-10,15-16,22H,11-14H2,1-4H3,(H,30,38)(H,31,32,33,34);5-8H,9-12H2,1-4H3,(H,21,22,23,24);2-5,16H,6-9H2,1H3,(H,17,18,19,20);4-7,11H,1-3H3,(H,15,16)(H,17,18);1H4;2*1H/t22-;;;11-;;;/m1..1.../s1. The van der Waals surface area contributed by atoms with Gasteiger partial charge in [0.15, 0.2) is 0 Å². The lowest BCUT2D eigenvalue weighted by molar-refractivity contribution is -0.140. The number of rotatable bonds is 14. The molecule has 0 unspecified atom stereocenters. The molecule has 36 nitrogen and oxygen atoms in total. The highest BCUT2D eigenvalue weighted by Crippen LogP contribution is 2.44. The van der Waals surface area contributed by atoms with Gasteiger partial charge in [0, 0.05) is 81.1 Å². The Labute approximate surface area is 684 Å². The highest BCUT2D eigenvalue weighted by atomic mass is 35.5. The first-order valence-electron chi connectivity index (χ1n) is 36.8. The number of nitrogens with zero attached hydrogens (tertiary/aromatic N) is 17. The summed E-state index contributed by atoms with van der Waals surface area (Å²) in [5.41, 5.74) is 1.67. The Kier molecular flexibility index (Phi) is 28.6. The summed E-state index contributed by atoms with van der Waals surface area (Å²) in [5, 5.41) is 58.8. The van der Waals surface area contributed by atoms with Crippen molar-refractivity contribution < 1.29 is 71.4 Å². The molecule has 0 bridgehead atoms. The lowest BCUT2D eigenvalue weighted by Gasteiger charge is -2.43. The number of aryl methyl sites for hydroxylation is 2. The van der Waals surface area contributed by atoms with Crippen LogP contribution in [-0.4, -0.2) is 252 Å². The van der Waals surface area contributed by atoms with Gasteiger partial charge in [0.1, 0.15) is 45.9 Å².